The number of morpholine rings is 1. The Morgan fingerprint density at radius 3 is 2.76 bits per heavy atom. The zero-order chi connectivity index (χ0) is 15.6. The monoisotopic (exact) mass is 310 g/mol. The number of nitrogens with zero attached hydrogens (tertiary/aromatic N) is 1. The van der Waals surface area contributed by atoms with Gasteiger partial charge in [0.15, 0.2) is 0 Å². The average molecular weight is 311 g/mol. The van der Waals surface area contributed by atoms with Gasteiger partial charge in [0.05, 0.1) is 11.7 Å². The summed E-state index contributed by atoms with van der Waals surface area (Å²) in [5, 5.41) is 4.28. The van der Waals surface area contributed by atoms with Crippen molar-refractivity contribution in [3.05, 3.63) is 28.8 Å². The summed E-state index contributed by atoms with van der Waals surface area (Å²) in [5.41, 5.74) is 2.37. The molecule has 0 aliphatic carbocycles. The van der Waals surface area contributed by atoms with E-state index >= 15 is 0 Å². The lowest BCUT2D eigenvalue weighted by Gasteiger charge is -2.43. The van der Waals surface area contributed by atoms with Crippen molar-refractivity contribution in [2.75, 3.05) is 18.0 Å². The molecule has 21 heavy (non-hydrogen) atoms. The minimum atomic E-state index is -0.136. The van der Waals surface area contributed by atoms with E-state index in [0.29, 0.717) is 6.04 Å². The number of ether oxygens (including phenoxy) is 1. The van der Waals surface area contributed by atoms with Gasteiger partial charge in [-0.3, -0.25) is 0 Å². The van der Waals surface area contributed by atoms with Gasteiger partial charge in [-0.2, -0.15) is 0 Å². The van der Waals surface area contributed by atoms with E-state index in [4.69, 9.17) is 16.3 Å². The Bertz CT molecular complexity index is 488. The summed E-state index contributed by atoms with van der Waals surface area (Å²) >= 11 is 6.23. The highest BCUT2D eigenvalue weighted by molar-refractivity contribution is 6.30. The van der Waals surface area contributed by atoms with Gasteiger partial charge in [0.25, 0.3) is 0 Å². The second-order valence-corrected chi connectivity index (χ2v) is 7.31. The van der Waals surface area contributed by atoms with E-state index in [1.54, 1.807) is 0 Å². The minimum absolute atomic E-state index is 0.136. The van der Waals surface area contributed by atoms with E-state index in [2.05, 4.69) is 57.0 Å². The summed E-state index contributed by atoms with van der Waals surface area (Å²) in [4.78, 5) is 2.40. The van der Waals surface area contributed by atoms with Gasteiger partial charge in [-0.25, -0.2) is 0 Å². The maximum Gasteiger partial charge on any atom is 0.0805 e. The molecule has 0 bridgehead atoms. The molecule has 1 unspecified atom stereocenters. The second-order valence-electron chi connectivity index (χ2n) is 6.88. The molecular formula is C17H27ClN2O. The molecule has 1 fully saturated rings. The fourth-order valence-corrected chi connectivity index (χ4v) is 3.10. The van der Waals surface area contributed by atoms with E-state index in [1.165, 1.54) is 11.3 Å². The van der Waals surface area contributed by atoms with Crippen LogP contribution in [0.1, 0.15) is 40.2 Å². The van der Waals surface area contributed by atoms with Crippen LogP contribution in [0.2, 0.25) is 5.02 Å². The molecule has 0 saturated carbocycles. The van der Waals surface area contributed by atoms with Crippen LogP contribution in [0, 0.1) is 0 Å². The van der Waals surface area contributed by atoms with Gasteiger partial charge in [0, 0.05) is 36.4 Å². The van der Waals surface area contributed by atoms with E-state index in [9.17, 15) is 0 Å². The van der Waals surface area contributed by atoms with Crippen molar-refractivity contribution >= 4 is 17.3 Å². The predicted octanol–water partition coefficient (Wildman–Crippen LogP) is 3.84. The molecular weight excluding hydrogens is 284 g/mol. The van der Waals surface area contributed by atoms with Crippen molar-refractivity contribution in [2.45, 2.75) is 58.9 Å². The maximum absolute atomic E-state index is 6.23. The summed E-state index contributed by atoms with van der Waals surface area (Å²) in [6.45, 7) is 13.4. The number of rotatable bonds is 4. The highest BCUT2D eigenvalue weighted by atomic mass is 35.5. The molecule has 1 heterocycles. The Morgan fingerprint density at radius 1 is 1.43 bits per heavy atom. The first-order chi connectivity index (χ1) is 9.77. The molecule has 1 aromatic carbocycles. The van der Waals surface area contributed by atoms with Gasteiger partial charge in [-0.05, 0) is 38.5 Å². The lowest BCUT2D eigenvalue weighted by atomic mass is 10.0. The van der Waals surface area contributed by atoms with Crippen molar-refractivity contribution < 1.29 is 4.74 Å². The zero-order valence-electron chi connectivity index (χ0n) is 13.7. The van der Waals surface area contributed by atoms with Crippen LogP contribution < -0.4 is 10.2 Å². The standard InChI is InChI=1S/C17H27ClN2O/c1-12(2)19-9-14-6-7-15(18)8-16(14)20-10-13(3)21-17(4,5)11-20/h6-8,12-13,19H,9-11H2,1-5H3. The van der Waals surface area contributed by atoms with E-state index in [-0.39, 0.29) is 11.7 Å². The van der Waals surface area contributed by atoms with E-state index in [0.717, 1.165) is 24.7 Å². The lowest BCUT2D eigenvalue weighted by molar-refractivity contribution is -0.0750. The van der Waals surface area contributed by atoms with Gasteiger partial charge in [0.2, 0.25) is 0 Å². The van der Waals surface area contributed by atoms with Crippen LogP contribution in [-0.4, -0.2) is 30.8 Å². The first kappa shape index (κ1) is 16.6. The predicted molar refractivity (Wildman–Crippen MR) is 90.3 cm³/mol. The Labute approximate surface area is 133 Å². The molecule has 2 rings (SSSR count). The van der Waals surface area contributed by atoms with Crippen molar-refractivity contribution in [3.63, 3.8) is 0 Å². The van der Waals surface area contributed by atoms with Crippen LogP contribution in [0.5, 0.6) is 0 Å². The molecule has 1 saturated heterocycles. The Balaban J connectivity index is 2.26. The molecule has 118 valence electrons. The highest BCUT2D eigenvalue weighted by Crippen LogP contribution is 2.30. The molecule has 1 aliphatic heterocycles. The first-order valence-electron chi connectivity index (χ1n) is 7.71. The number of benzene rings is 1. The summed E-state index contributed by atoms with van der Waals surface area (Å²) < 4.78 is 6.00. The number of halogens is 1. The molecule has 1 N–H and O–H groups in total. The molecule has 0 amide bonds. The van der Waals surface area contributed by atoms with Gasteiger partial charge in [-0.1, -0.05) is 31.5 Å². The highest BCUT2D eigenvalue weighted by Gasteiger charge is 2.32. The molecule has 3 nitrogen and oxygen atoms in total. The fourth-order valence-electron chi connectivity index (χ4n) is 2.93. The molecule has 1 aliphatic rings. The van der Waals surface area contributed by atoms with Crippen molar-refractivity contribution in [3.8, 4) is 0 Å². The summed E-state index contributed by atoms with van der Waals surface area (Å²) in [7, 11) is 0. The fraction of sp³-hybridized carbons (Fsp3) is 0.647. The number of anilines is 1. The van der Waals surface area contributed by atoms with Gasteiger partial charge < -0.3 is 15.0 Å². The van der Waals surface area contributed by atoms with Crippen LogP contribution >= 0.6 is 11.6 Å². The quantitative estimate of drug-likeness (QED) is 0.914. The topological polar surface area (TPSA) is 24.5 Å². The van der Waals surface area contributed by atoms with Gasteiger partial charge >= 0.3 is 0 Å². The molecule has 1 atom stereocenters. The largest absolute Gasteiger partial charge is 0.369 e. The van der Waals surface area contributed by atoms with E-state index in [1.807, 2.05) is 6.07 Å². The van der Waals surface area contributed by atoms with Gasteiger partial charge in [-0.15, -0.1) is 0 Å². The Kier molecular flexibility index (Phi) is 5.18. The summed E-state index contributed by atoms with van der Waals surface area (Å²) in [6.07, 6.45) is 0.221. The Morgan fingerprint density at radius 2 is 2.14 bits per heavy atom. The normalized spacial score (nSPS) is 21.9. The molecule has 4 heteroatoms. The Hall–Kier alpha value is -0.770. The zero-order valence-corrected chi connectivity index (χ0v) is 14.5. The summed E-state index contributed by atoms with van der Waals surface area (Å²) in [6, 6.07) is 6.64. The smallest absolute Gasteiger partial charge is 0.0805 e. The molecule has 0 spiro atoms. The van der Waals surface area contributed by atoms with Crippen molar-refractivity contribution in [1.82, 2.24) is 5.32 Å². The third kappa shape index (κ3) is 4.60. The molecule has 0 radical (unpaired) electrons. The van der Waals surface area contributed by atoms with Crippen molar-refractivity contribution in [1.29, 1.82) is 0 Å². The van der Waals surface area contributed by atoms with Gasteiger partial charge in [0.1, 0.15) is 0 Å². The van der Waals surface area contributed by atoms with Crippen LogP contribution in [0.3, 0.4) is 0 Å². The maximum atomic E-state index is 6.23. The minimum Gasteiger partial charge on any atom is -0.369 e. The summed E-state index contributed by atoms with van der Waals surface area (Å²) in [5.74, 6) is 0. The second kappa shape index (κ2) is 6.55. The number of nitrogens with one attached hydrogen (secondary N) is 1. The third-order valence-corrected chi connectivity index (χ3v) is 3.89. The first-order valence-corrected chi connectivity index (χ1v) is 8.09. The lowest BCUT2D eigenvalue weighted by Crippen LogP contribution is -2.52. The SMILES string of the molecule is CC(C)NCc1ccc(Cl)cc1N1CC(C)OC(C)(C)C1. The van der Waals surface area contributed by atoms with Crippen LogP contribution in [0.15, 0.2) is 18.2 Å². The molecule has 0 aromatic heterocycles. The van der Waals surface area contributed by atoms with Crippen molar-refractivity contribution in [2.24, 2.45) is 0 Å². The number of hydrogen-bond donors (Lipinski definition) is 1. The van der Waals surface area contributed by atoms with Crippen LogP contribution in [0.4, 0.5) is 5.69 Å². The number of hydrogen-bond acceptors (Lipinski definition) is 3. The van der Waals surface area contributed by atoms with E-state index < -0.39 is 0 Å². The third-order valence-electron chi connectivity index (χ3n) is 3.66. The average Bonchev–Trinajstić information content (AvgIpc) is 2.34. The van der Waals surface area contributed by atoms with Crippen LogP contribution in [-0.2, 0) is 11.3 Å². The molecule has 1 aromatic rings. The van der Waals surface area contributed by atoms with Crippen LogP contribution in [0.25, 0.3) is 0 Å².